The number of thiazole rings is 1. The molecule has 1 saturated heterocycles. The molecule has 1 aliphatic heterocycles. The number of halogens is 1. The number of carbonyl (C=O) groups excluding carboxylic acids is 1. The summed E-state index contributed by atoms with van der Waals surface area (Å²) in [5, 5.41) is 0.970. The van der Waals surface area contributed by atoms with Gasteiger partial charge in [0.2, 0.25) is 5.91 Å². The van der Waals surface area contributed by atoms with Gasteiger partial charge >= 0.3 is 0 Å². The first-order valence-electron chi connectivity index (χ1n) is 10.5. The van der Waals surface area contributed by atoms with E-state index >= 15 is 0 Å². The number of para-hydroxylation sites is 1. The van der Waals surface area contributed by atoms with Gasteiger partial charge in [-0.2, -0.15) is 0 Å². The van der Waals surface area contributed by atoms with Gasteiger partial charge in [0.15, 0.2) is 0 Å². The van der Waals surface area contributed by atoms with Crippen molar-refractivity contribution in [1.82, 2.24) is 19.9 Å². The van der Waals surface area contributed by atoms with E-state index in [0.717, 1.165) is 15.2 Å². The van der Waals surface area contributed by atoms with Crippen molar-refractivity contribution in [1.29, 1.82) is 0 Å². The third kappa shape index (κ3) is 4.51. The Morgan fingerprint density at radius 2 is 2.06 bits per heavy atom. The molecule has 1 fully saturated rings. The molecule has 2 aromatic heterocycles. The Morgan fingerprint density at radius 1 is 1.16 bits per heavy atom. The molecule has 0 saturated carbocycles. The molecule has 0 spiro atoms. The average molecular weight is 449 g/mol. The predicted molar refractivity (Wildman–Crippen MR) is 121 cm³/mol. The van der Waals surface area contributed by atoms with Gasteiger partial charge in [-0.1, -0.05) is 24.3 Å². The molecule has 0 aliphatic carbocycles. The van der Waals surface area contributed by atoms with Crippen LogP contribution >= 0.6 is 11.3 Å². The Hall–Kier alpha value is -3.23. The molecule has 2 aromatic carbocycles. The van der Waals surface area contributed by atoms with E-state index in [1.807, 2.05) is 29.2 Å². The van der Waals surface area contributed by atoms with Crippen molar-refractivity contribution in [3.8, 4) is 11.3 Å². The Labute approximate surface area is 188 Å². The zero-order valence-corrected chi connectivity index (χ0v) is 18.1. The standard InChI is InChI=1S/C24H21FN4O2S/c25-17-5-3-4-16(12-17)19-13-26-14-20(27-19)21-15-29(10-11-31-21)24(30)9-8-23-28-18-6-1-2-7-22(18)32-23/h1-7,12-14,21H,8-11,15H2/t21-/m1/s1. The van der Waals surface area contributed by atoms with Gasteiger partial charge in [0.05, 0.1) is 52.2 Å². The second-order valence-electron chi connectivity index (χ2n) is 7.61. The summed E-state index contributed by atoms with van der Waals surface area (Å²) in [5.41, 5.74) is 2.84. The largest absolute Gasteiger partial charge is 0.368 e. The smallest absolute Gasteiger partial charge is 0.223 e. The minimum atomic E-state index is -0.365. The van der Waals surface area contributed by atoms with Crippen molar-refractivity contribution >= 4 is 27.5 Å². The number of aromatic nitrogens is 3. The fourth-order valence-corrected chi connectivity index (χ4v) is 4.74. The molecular weight excluding hydrogens is 427 g/mol. The normalized spacial score (nSPS) is 16.4. The van der Waals surface area contributed by atoms with Crippen molar-refractivity contribution < 1.29 is 13.9 Å². The molecule has 32 heavy (non-hydrogen) atoms. The molecule has 162 valence electrons. The van der Waals surface area contributed by atoms with Gasteiger partial charge in [0.25, 0.3) is 0 Å². The van der Waals surface area contributed by atoms with E-state index in [1.54, 1.807) is 35.9 Å². The fraction of sp³-hybridized carbons (Fsp3) is 0.250. The number of hydrogen-bond donors (Lipinski definition) is 0. The molecule has 8 heteroatoms. The van der Waals surface area contributed by atoms with Crippen molar-refractivity contribution in [3.63, 3.8) is 0 Å². The van der Waals surface area contributed by atoms with E-state index in [-0.39, 0.29) is 17.8 Å². The maximum Gasteiger partial charge on any atom is 0.223 e. The highest BCUT2D eigenvalue weighted by Gasteiger charge is 2.27. The zero-order valence-electron chi connectivity index (χ0n) is 17.3. The monoisotopic (exact) mass is 448 g/mol. The number of hydrogen-bond acceptors (Lipinski definition) is 6. The summed E-state index contributed by atoms with van der Waals surface area (Å²) in [5.74, 6) is -0.250. The minimum absolute atomic E-state index is 0.0757. The van der Waals surface area contributed by atoms with Crippen LogP contribution in [0.1, 0.15) is 23.2 Å². The van der Waals surface area contributed by atoms with Crippen molar-refractivity contribution in [2.24, 2.45) is 0 Å². The molecule has 1 amide bonds. The second-order valence-corrected chi connectivity index (χ2v) is 8.73. The third-order valence-electron chi connectivity index (χ3n) is 5.41. The quantitative estimate of drug-likeness (QED) is 0.452. The van der Waals surface area contributed by atoms with Gasteiger partial charge in [-0.05, 0) is 24.3 Å². The Kier molecular flexibility index (Phi) is 5.87. The van der Waals surface area contributed by atoms with Gasteiger partial charge in [-0.15, -0.1) is 11.3 Å². The predicted octanol–water partition coefficient (Wildman–Crippen LogP) is 4.43. The van der Waals surface area contributed by atoms with E-state index in [4.69, 9.17) is 4.74 Å². The first-order chi connectivity index (χ1) is 15.7. The highest BCUT2D eigenvalue weighted by Crippen LogP contribution is 2.25. The van der Waals surface area contributed by atoms with Gasteiger partial charge in [-0.25, -0.2) is 14.4 Å². The number of benzene rings is 2. The summed E-state index contributed by atoms with van der Waals surface area (Å²) in [6.07, 6.45) is 3.90. The highest BCUT2D eigenvalue weighted by atomic mass is 32.1. The highest BCUT2D eigenvalue weighted by molar-refractivity contribution is 7.18. The van der Waals surface area contributed by atoms with Crippen LogP contribution in [0.25, 0.3) is 21.5 Å². The van der Waals surface area contributed by atoms with E-state index in [0.29, 0.717) is 49.5 Å². The van der Waals surface area contributed by atoms with Crippen molar-refractivity contribution in [2.75, 3.05) is 19.7 Å². The summed E-state index contributed by atoms with van der Waals surface area (Å²) >= 11 is 1.63. The van der Waals surface area contributed by atoms with Gasteiger partial charge in [-0.3, -0.25) is 9.78 Å². The Morgan fingerprint density at radius 3 is 2.94 bits per heavy atom. The molecule has 5 rings (SSSR count). The molecule has 0 radical (unpaired) electrons. The molecule has 0 bridgehead atoms. The number of ether oxygens (including phenoxy) is 1. The number of aryl methyl sites for hydroxylation is 1. The summed E-state index contributed by atoms with van der Waals surface area (Å²) in [7, 11) is 0. The SMILES string of the molecule is O=C(CCc1nc2ccccc2s1)N1CCO[C@@H](c2cncc(-c3cccc(F)c3)n2)C1. The van der Waals surface area contributed by atoms with Crippen molar-refractivity contribution in [2.45, 2.75) is 18.9 Å². The van der Waals surface area contributed by atoms with Crippen LogP contribution < -0.4 is 0 Å². The number of morpholine rings is 1. The van der Waals surface area contributed by atoms with Crippen molar-refractivity contribution in [3.05, 3.63) is 77.4 Å². The van der Waals surface area contributed by atoms with Gasteiger partial charge in [0, 0.05) is 24.9 Å². The van der Waals surface area contributed by atoms with E-state index < -0.39 is 0 Å². The molecule has 1 atom stereocenters. The van der Waals surface area contributed by atoms with Crippen LogP contribution in [-0.2, 0) is 16.0 Å². The molecular formula is C24H21FN4O2S. The third-order valence-corrected chi connectivity index (χ3v) is 6.51. The first kappa shape index (κ1) is 20.7. The number of fused-ring (bicyclic) bond motifs is 1. The molecule has 0 N–H and O–H groups in total. The first-order valence-corrected chi connectivity index (χ1v) is 11.3. The van der Waals surface area contributed by atoms with Gasteiger partial charge in [0.1, 0.15) is 11.9 Å². The van der Waals surface area contributed by atoms with Crippen LogP contribution in [0.4, 0.5) is 4.39 Å². The summed E-state index contributed by atoms with van der Waals surface area (Å²) < 4.78 is 20.6. The lowest BCUT2D eigenvalue weighted by Crippen LogP contribution is -2.42. The van der Waals surface area contributed by atoms with Crippen LogP contribution in [0.5, 0.6) is 0 Å². The lowest BCUT2D eigenvalue weighted by Gasteiger charge is -2.32. The maximum atomic E-state index is 13.6. The van der Waals surface area contributed by atoms with E-state index in [1.165, 1.54) is 12.1 Å². The van der Waals surface area contributed by atoms with Gasteiger partial charge < -0.3 is 9.64 Å². The summed E-state index contributed by atoms with van der Waals surface area (Å²) in [4.78, 5) is 28.2. The summed E-state index contributed by atoms with van der Waals surface area (Å²) in [6.45, 7) is 1.40. The average Bonchev–Trinajstić information content (AvgIpc) is 3.26. The maximum absolute atomic E-state index is 13.6. The van der Waals surface area contributed by atoms with Crippen LogP contribution in [0.15, 0.2) is 60.9 Å². The lowest BCUT2D eigenvalue weighted by atomic mass is 10.1. The fourth-order valence-electron chi connectivity index (χ4n) is 3.78. The molecule has 3 heterocycles. The van der Waals surface area contributed by atoms with E-state index in [2.05, 4.69) is 15.0 Å². The summed E-state index contributed by atoms with van der Waals surface area (Å²) in [6, 6.07) is 14.2. The van der Waals surface area contributed by atoms with Crippen LogP contribution in [0, 0.1) is 5.82 Å². The van der Waals surface area contributed by atoms with Crippen LogP contribution in [-0.4, -0.2) is 45.5 Å². The minimum Gasteiger partial charge on any atom is -0.368 e. The number of amides is 1. The molecule has 6 nitrogen and oxygen atoms in total. The van der Waals surface area contributed by atoms with E-state index in [9.17, 15) is 9.18 Å². The van der Waals surface area contributed by atoms with Crippen LogP contribution in [0.3, 0.4) is 0 Å². The topological polar surface area (TPSA) is 68.2 Å². The Balaban J connectivity index is 1.25. The number of nitrogens with zero attached hydrogens (tertiary/aromatic N) is 4. The number of rotatable bonds is 5. The molecule has 0 unspecified atom stereocenters. The number of carbonyl (C=O) groups is 1. The molecule has 4 aromatic rings. The molecule has 1 aliphatic rings. The second kappa shape index (κ2) is 9.10. The zero-order chi connectivity index (χ0) is 21.9. The lowest BCUT2D eigenvalue weighted by molar-refractivity contribution is -0.139. The van der Waals surface area contributed by atoms with Crippen LogP contribution in [0.2, 0.25) is 0 Å². The Bertz CT molecular complexity index is 1230.